The van der Waals surface area contributed by atoms with Crippen molar-refractivity contribution in [1.82, 2.24) is 24.6 Å². The minimum atomic E-state index is -4.64. The molecule has 0 aromatic rings. The van der Waals surface area contributed by atoms with Crippen LogP contribution in [-0.2, 0) is 15.9 Å². The van der Waals surface area contributed by atoms with Crippen molar-refractivity contribution in [3.63, 3.8) is 0 Å². The molecule has 0 aromatic heterocycles. The molecule has 90 valence electrons. The van der Waals surface area contributed by atoms with Crippen molar-refractivity contribution in [2.75, 3.05) is 0 Å². The fourth-order valence-electron chi connectivity index (χ4n) is 0. The van der Waals surface area contributed by atoms with Gasteiger partial charge in [0.25, 0.3) is 11.4 Å². The Morgan fingerprint density at radius 3 is 0.846 bits per heavy atom. The molecule has 17 N–H and O–H groups in total. The summed E-state index contributed by atoms with van der Waals surface area (Å²) >= 11 is -2.61. The fraction of sp³-hybridized carbons (Fsp3) is 0. The Hall–Kier alpha value is 0.0200. The minimum Gasteiger partial charge on any atom is -0.344 e. The fourth-order valence-corrected chi connectivity index (χ4v) is 0. The van der Waals surface area contributed by atoms with Crippen LogP contribution < -0.4 is 24.6 Å². The van der Waals surface area contributed by atoms with E-state index in [2.05, 4.69) is 0 Å². The van der Waals surface area contributed by atoms with Crippen molar-refractivity contribution in [2.45, 2.75) is 0 Å². The van der Waals surface area contributed by atoms with Crippen LogP contribution in [0.2, 0.25) is 0 Å². The average Bonchev–Trinajstić information content (AvgIpc) is 1.19. The molecular formula is H17N4O7PS. The molecule has 0 bridgehead atoms. The maximum Gasteiger partial charge on any atom is 0.466 e. The van der Waals surface area contributed by atoms with Gasteiger partial charge in [0, 0.05) is 0 Å². The quantitative estimate of drug-likeness (QED) is 0.192. The van der Waals surface area contributed by atoms with Gasteiger partial charge in [-0.25, -0.2) is 4.57 Å². The van der Waals surface area contributed by atoms with E-state index in [1.165, 1.54) is 0 Å². The van der Waals surface area contributed by atoms with Gasteiger partial charge in [0.1, 0.15) is 0 Å². The van der Waals surface area contributed by atoms with E-state index in [4.69, 9.17) is 32.6 Å². The van der Waals surface area contributed by atoms with E-state index >= 15 is 0 Å². The van der Waals surface area contributed by atoms with Gasteiger partial charge in [-0.15, -0.1) is 0 Å². The zero-order valence-electron chi connectivity index (χ0n) is 6.74. The lowest BCUT2D eigenvalue weighted by Gasteiger charge is -1.82. The zero-order chi connectivity index (χ0) is 8.08. The minimum absolute atomic E-state index is 0. The van der Waals surface area contributed by atoms with Crippen molar-refractivity contribution in [3.8, 4) is 0 Å². The molecule has 0 fully saturated rings. The molecule has 13 heavy (non-hydrogen) atoms. The number of phosphoric acid groups is 1. The highest BCUT2D eigenvalue weighted by Gasteiger charge is 2.00. The molecule has 0 atom stereocenters. The number of hydrogen-bond donors (Lipinski definition) is 9. The third-order valence-corrected chi connectivity index (χ3v) is 0. The standard InChI is InChI=1S/4H3N.H3O4P.H2O3S/c;;;;1-5(2,3)4;1-4(2)3/h4*1H3;(H3,1,2,3,4);(H2,1,2,3). The Labute approximate surface area is 77.2 Å². The molecule has 0 amide bonds. The van der Waals surface area contributed by atoms with Crippen LogP contribution in [0, 0.1) is 0 Å². The molecular weight excluding hydrogens is 231 g/mol. The molecule has 0 saturated carbocycles. The molecule has 0 saturated heterocycles. The third kappa shape index (κ3) is 3020000. The second kappa shape index (κ2) is 17.9. The molecule has 0 aliphatic carbocycles. The Morgan fingerprint density at radius 1 is 0.846 bits per heavy atom. The molecule has 0 heterocycles. The molecule has 0 radical (unpaired) electrons. The summed E-state index contributed by atoms with van der Waals surface area (Å²) in [7, 11) is -4.64. The van der Waals surface area contributed by atoms with Gasteiger partial charge >= 0.3 is 7.82 Å². The second-order valence-electron chi connectivity index (χ2n) is 0.744. The monoisotopic (exact) mass is 248 g/mol. The maximum absolute atomic E-state index is 8.88. The summed E-state index contributed by atoms with van der Waals surface area (Å²) in [6.45, 7) is 0. The molecule has 0 aromatic carbocycles. The summed E-state index contributed by atoms with van der Waals surface area (Å²) in [6, 6.07) is 0. The van der Waals surface area contributed by atoms with E-state index in [-0.39, 0.29) is 24.6 Å². The topological polar surface area (TPSA) is 275 Å². The van der Waals surface area contributed by atoms with Gasteiger partial charge in [0.05, 0.1) is 0 Å². The molecule has 0 rings (SSSR count). The second-order valence-corrected chi connectivity index (χ2v) is 2.23. The summed E-state index contributed by atoms with van der Waals surface area (Å²) in [5.41, 5.74) is 0. The largest absolute Gasteiger partial charge is 0.466 e. The van der Waals surface area contributed by atoms with Crippen LogP contribution in [0.5, 0.6) is 0 Å². The highest BCUT2D eigenvalue weighted by Crippen LogP contribution is 2.25. The molecule has 0 aliphatic rings. The van der Waals surface area contributed by atoms with Crippen molar-refractivity contribution in [1.29, 1.82) is 0 Å². The predicted molar refractivity (Wildman–Crippen MR) is 47.8 cm³/mol. The van der Waals surface area contributed by atoms with Crippen LogP contribution in [0.15, 0.2) is 0 Å². The Kier molecular flexibility index (Phi) is 52.7. The van der Waals surface area contributed by atoms with Gasteiger partial charge in [-0.05, 0) is 0 Å². The normalized spacial score (nSPS) is 7.23. The summed E-state index contributed by atoms with van der Waals surface area (Å²) in [5.74, 6) is 0. The van der Waals surface area contributed by atoms with Gasteiger partial charge in [0.2, 0.25) is 0 Å². The van der Waals surface area contributed by atoms with E-state index in [9.17, 15) is 0 Å². The van der Waals surface area contributed by atoms with Gasteiger partial charge in [-0.3, -0.25) is 9.11 Å². The molecule has 11 nitrogen and oxygen atoms in total. The Morgan fingerprint density at radius 2 is 0.846 bits per heavy atom. The lowest BCUT2D eigenvalue weighted by Crippen LogP contribution is -1.74. The van der Waals surface area contributed by atoms with Crippen molar-refractivity contribution in [2.24, 2.45) is 0 Å². The first kappa shape index (κ1) is 38.2. The predicted octanol–water partition coefficient (Wildman–Crippen LogP) is -0.600. The average molecular weight is 248 g/mol. The molecule has 0 spiro atoms. The molecule has 0 unspecified atom stereocenters. The van der Waals surface area contributed by atoms with Gasteiger partial charge in [-0.1, -0.05) is 0 Å². The summed E-state index contributed by atoms with van der Waals surface area (Å²) < 4.78 is 31.7. The maximum atomic E-state index is 8.88. The van der Waals surface area contributed by atoms with E-state index in [1.807, 2.05) is 0 Å². The van der Waals surface area contributed by atoms with Gasteiger partial charge in [0.15, 0.2) is 0 Å². The van der Waals surface area contributed by atoms with Crippen LogP contribution in [0.4, 0.5) is 0 Å². The SMILES string of the molecule is N.N.N.N.O=P(O)(O)O.O=S(O)O. The number of rotatable bonds is 0. The summed E-state index contributed by atoms with van der Waals surface area (Å²) in [5, 5.41) is 0. The lowest BCUT2D eigenvalue weighted by atomic mass is 14.0. The Balaban J connectivity index is -0.0000000146. The zero-order valence-corrected chi connectivity index (χ0v) is 8.45. The van der Waals surface area contributed by atoms with Gasteiger partial charge in [-0.2, -0.15) is 4.21 Å². The van der Waals surface area contributed by atoms with Crippen LogP contribution >= 0.6 is 7.82 Å². The van der Waals surface area contributed by atoms with Crippen molar-refractivity contribution in [3.05, 3.63) is 0 Å². The lowest BCUT2D eigenvalue weighted by molar-refractivity contribution is 0.275. The summed E-state index contributed by atoms with van der Waals surface area (Å²) in [6.07, 6.45) is 0. The summed E-state index contributed by atoms with van der Waals surface area (Å²) in [4.78, 5) is 21.6. The van der Waals surface area contributed by atoms with Crippen molar-refractivity contribution < 1.29 is 32.6 Å². The first-order valence-corrected chi connectivity index (χ1v) is 3.94. The van der Waals surface area contributed by atoms with E-state index in [0.29, 0.717) is 0 Å². The first-order valence-electron chi connectivity index (χ1n) is 1.31. The Bertz CT molecular complexity index is 120. The highest BCUT2D eigenvalue weighted by molar-refractivity contribution is 7.73. The molecule has 0 aliphatic heterocycles. The van der Waals surface area contributed by atoms with Crippen LogP contribution in [0.1, 0.15) is 0 Å². The highest BCUT2D eigenvalue weighted by atomic mass is 32.2. The van der Waals surface area contributed by atoms with Crippen LogP contribution in [-0.4, -0.2) is 28.0 Å². The van der Waals surface area contributed by atoms with Crippen LogP contribution in [0.3, 0.4) is 0 Å². The van der Waals surface area contributed by atoms with Crippen molar-refractivity contribution >= 4 is 19.2 Å². The molecule has 13 heteroatoms. The smallest absolute Gasteiger partial charge is 0.344 e. The third-order valence-electron chi connectivity index (χ3n) is 0. The van der Waals surface area contributed by atoms with E-state index in [0.717, 1.165) is 0 Å². The van der Waals surface area contributed by atoms with Gasteiger partial charge < -0.3 is 39.3 Å². The first-order chi connectivity index (χ1) is 3.73. The van der Waals surface area contributed by atoms with E-state index in [1.54, 1.807) is 0 Å². The van der Waals surface area contributed by atoms with E-state index < -0.39 is 19.2 Å². The van der Waals surface area contributed by atoms with Crippen LogP contribution in [0.25, 0.3) is 0 Å². The number of hydrogen-bond acceptors (Lipinski definition) is 6.